The number of hydrogen-bond donors (Lipinski definition) is 1. The SMILES string of the molecule is CC1(C)OC[C@](O)(/C=C/C23CCC(CC2=O)C3(C)C)C(CCO[Si](C)(C)C(C)(C)C)O1. The molecule has 178 valence electrons. The van der Waals surface area contributed by atoms with Crippen LogP contribution in [0.4, 0.5) is 0 Å². The topological polar surface area (TPSA) is 65.0 Å². The van der Waals surface area contributed by atoms with E-state index >= 15 is 0 Å². The molecule has 0 aromatic heterocycles. The standard InChI is InChI=1S/C25H44O5Si/c1-21(2,3)31(8,9)29-15-11-20-25(27,17-28-23(6,7)30-20)14-13-24-12-10-18(16-19(24)26)22(24,4)5/h13-14,18,20,27H,10-12,15-17H2,1-9H3/b14-13+/t18?,20?,24?,25-/m1/s1. The van der Waals surface area contributed by atoms with Crippen LogP contribution < -0.4 is 0 Å². The molecule has 6 heteroatoms. The molecule has 2 aliphatic carbocycles. The van der Waals surface area contributed by atoms with Crippen LogP contribution in [0.3, 0.4) is 0 Å². The third-order valence-corrected chi connectivity index (χ3v) is 13.5. The highest BCUT2D eigenvalue weighted by molar-refractivity contribution is 6.74. The third-order valence-electron chi connectivity index (χ3n) is 8.93. The Morgan fingerprint density at radius 3 is 2.35 bits per heavy atom. The average molecular weight is 453 g/mol. The predicted molar refractivity (Wildman–Crippen MR) is 125 cm³/mol. The van der Waals surface area contributed by atoms with E-state index in [1.807, 2.05) is 26.0 Å². The van der Waals surface area contributed by atoms with Crippen LogP contribution >= 0.6 is 0 Å². The number of hydrogen-bond acceptors (Lipinski definition) is 5. The minimum atomic E-state index is -1.88. The number of carbonyl (C=O) groups is 1. The van der Waals surface area contributed by atoms with Crippen molar-refractivity contribution in [3.63, 3.8) is 0 Å². The van der Waals surface area contributed by atoms with Gasteiger partial charge in [-0.2, -0.15) is 0 Å². The summed E-state index contributed by atoms with van der Waals surface area (Å²) in [4.78, 5) is 12.9. The van der Waals surface area contributed by atoms with Crippen LogP contribution in [0.25, 0.3) is 0 Å². The lowest BCUT2D eigenvalue weighted by Gasteiger charge is -2.46. The molecule has 3 rings (SSSR count). The molecular weight excluding hydrogens is 408 g/mol. The molecule has 1 saturated heterocycles. The molecule has 3 aliphatic rings. The Kier molecular flexibility index (Phi) is 6.28. The normalized spacial score (nSPS) is 37.7. The number of carbonyl (C=O) groups excluding carboxylic acids is 1. The van der Waals surface area contributed by atoms with Crippen molar-refractivity contribution in [2.75, 3.05) is 13.2 Å². The van der Waals surface area contributed by atoms with E-state index in [-0.39, 0.29) is 17.1 Å². The molecule has 4 atom stereocenters. The number of fused-ring (bicyclic) bond motifs is 2. The number of aliphatic hydroxyl groups is 1. The van der Waals surface area contributed by atoms with Crippen molar-refractivity contribution in [1.82, 2.24) is 0 Å². The van der Waals surface area contributed by atoms with Gasteiger partial charge in [-0.1, -0.05) is 46.8 Å². The first-order valence-corrected chi connectivity index (χ1v) is 14.8. The van der Waals surface area contributed by atoms with Gasteiger partial charge in [-0.25, -0.2) is 0 Å². The summed E-state index contributed by atoms with van der Waals surface area (Å²) in [7, 11) is -1.88. The Morgan fingerprint density at radius 2 is 1.84 bits per heavy atom. The van der Waals surface area contributed by atoms with Crippen LogP contribution in [-0.2, 0) is 18.7 Å². The van der Waals surface area contributed by atoms with Crippen molar-refractivity contribution in [1.29, 1.82) is 0 Å². The Balaban J connectivity index is 1.78. The highest BCUT2D eigenvalue weighted by Gasteiger charge is 2.63. The first-order chi connectivity index (χ1) is 14.0. The summed E-state index contributed by atoms with van der Waals surface area (Å²) >= 11 is 0. The van der Waals surface area contributed by atoms with Gasteiger partial charge in [0.25, 0.3) is 0 Å². The van der Waals surface area contributed by atoms with Crippen molar-refractivity contribution in [3.8, 4) is 0 Å². The minimum Gasteiger partial charge on any atom is -0.417 e. The Labute approximate surface area is 190 Å². The zero-order valence-electron chi connectivity index (χ0n) is 21.1. The van der Waals surface area contributed by atoms with Gasteiger partial charge in [0.2, 0.25) is 0 Å². The third kappa shape index (κ3) is 4.35. The van der Waals surface area contributed by atoms with Gasteiger partial charge in [0, 0.05) is 13.0 Å². The largest absolute Gasteiger partial charge is 0.417 e. The van der Waals surface area contributed by atoms with Crippen LogP contribution in [0.1, 0.15) is 74.1 Å². The van der Waals surface area contributed by atoms with Gasteiger partial charge in [0.1, 0.15) is 11.4 Å². The highest BCUT2D eigenvalue weighted by atomic mass is 28.4. The van der Waals surface area contributed by atoms with E-state index < -0.39 is 31.2 Å². The second-order valence-corrected chi connectivity index (χ2v) is 17.4. The Bertz CT molecular complexity index is 735. The average Bonchev–Trinajstić information content (AvgIpc) is 2.97. The van der Waals surface area contributed by atoms with Crippen LogP contribution in [0, 0.1) is 16.7 Å². The van der Waals surface area contributed by atoms with Crippen LogP contribution in [0.5, 0.6) is 0 Å². The molecule has 5 nitrogen and oxygen atoms in total. The van der Waals surface area contributed by atoms with E-state index in [1.54, 1.807) is 0 Å². The van der Waals surface area contributed by atoms with Gasteiger partial charge in [-0.15, -0.1) is 0 Å². The smallest absolute Gasteiger partial charge is 0.191 e. The summed E-state index contributed by atoms with van der Waals surface area (Å²) in [6.07, 6.45) is 6.52. The number of Topliss-reactive ketones (excluding diaryl/α,β-unsaturated/α-hetero) is 1. The molecule has 0 aromatic rings. The fourth-order valence-electron chi connectivity index (χ4n) is 5.35. The number of rotatable bonds is 6. The maximum atomic E-state index is 12.9. The molecule has 1 N–H and O–H groups in total. The van der Waals surface area contributed by atoms with Crippen molar-refractivity contribution < 1.29 is 23.8 Å². The lowest BCUT2D eigenvalue weighted by molar-refractivity contribution is -0.324. The Hall–Kier alpha value is -0.533. The van der Waals surface area contributed by atoms with E-state index in [1.165, 1.54) is 0 Å². The van der Waals surface area contributed by atoms with Gasteiger partial charge in [0.05, 0.1) is 18.1 Å². The summed E-state index contributed by atoms with van der Waals surface area (Å²) in [5.74, 6) is -0.0174. The highest BCUT2D eigenvalue weighted by Crippen LogP contribution is 2.64. The zero-order valence-corrected chi connectivity index (χ0v) is 22.1. The molecule has 0 aromatic carbocycles. The van der Waals surface area contributed by atoms with Crippen LogP contribution in [-0.4, -0.2) is 49.9 Å². The van der Waals surface area contributed by atoms with E-state index in [0.29, 0.717) is 31.1 Å². The molecule has 3 fully saturated rings. The predicted octanol–water partition coefficient (Wildman–Crippen LogP) is 5.23. The molecule has 0 spiro atoms. The second-order valence-electron chi connectivity index (χ2n) is 12.6. The van der Waals surface area contributed by atoms with E-state index in [4.69, 9.17) is 13.9 Å². The van der Waals surface area contributed by atoms with Gasteiger partial charge in [0.15, 0.2) is 14.1 Å². The van der Waals surface area contributed by atoms with E-state index in [0.717, 1.165) is 12.8 Å². The second kappa shape index (κ2) is 7.76. The van der Waals surface area contributed by atoms with Gasteiger partial charge in [-0.05, 0) is 62.6 Å². The molecule has 31 heavy (non-hydrogen) atoms. The van der Waals surface area contributed by atoms with Crippen LogP contribution in [0.2, 0.25) is 18.1 Å². The van der Waals surface area contributed by atoms with E-state index in [2.05, 4.69) is 47.7 Å². The van der Waals surface area contributed by atoms with Crippen molar-refractivity contribution in [2.24, 2.45) is 16.7 Å². The summed E-state index contributed by atoms with van der Waals surface area (Å²) in [5.41, 5.74) is -1.84. The summed E-state index contributed by atoms with van der Waals surface area (Å²) < 4.78 is 18.4. The van der Waals surface area contributed by atoms with Gasteiger partial charge in [-0.3, -0.25) is 4.79 Å². The molecule has 0 radical (unpaired) electrons. The molecule has 0 amide bonds. The first-order valence-electron chi connectivity index (χ1n) is 11.9. The lowest BCUT2D eigenvalue weighted by Crippen LogP contribution is -2.57. The maximum absolute atomic E-state index is 12.9. The summed E-state index contributed by atoms with van der Waals surface area (Å²) in [6, 6.07) is 0. The molecule has 2 bridgehead atoms. The first kappa shape index (κ1) is 25.1. The quantitative estimate of drug-likeness (QED) is 0.441. The number of ketones is 1. The monoisotopic (exact) mass is 452 g/mol. The summed E-state index contributed by atoms with van der Waals surface area (Å²) in [6.45, 7) is 20.0. The molecule has 1 aliphatic heterocycles. The molecule has 2 saturated carbocycles. The minimum absolute atomic E-state index is 0.0759. The zero-order chi connectivity index (χ0) is 23.5. The number of ether oxygens (including phenoxy) is 2. The van der Waals surface area contributed by atoms with Crippen molar-refractivity contribution in [2.45, 2.75) is 110 Å². The fourth-order valence-corrected chi connectivity index (χ4v) is 6.41. The number of allylic oxidation sites excluding steroid dienone is 1. The Morgan fingerprint density at radius 1 is 1.19 bits per heavy atom. The van der Waals surface area contributed by atoms with Crippen LogP contribution in [0.15, 0.2) is 12.2 Å². The fraction of sp³-hybridized carbons (Fsp3) is 0.880. The maximum Gasteiger partial charge on any atom is 0.191 e. The molecular formula is C25H44O5Si. The summed E-state index contributed by atoms with van der Waals surface area (Å²) in [5, 5.41) is 11.7. The molecule has 1 heterocycles. The van der Waals surface area contributed by atoms with Gasteiger partial charge >= 0.3 is 0 Å². The molecule has 3 unspecified atom stereocenters. The van der Waals surface area contributed by atoms with Gasteiger partial charge < -0.3 is 19.0 Å². The van der Waals surface area contributed by atoms with Crippen molar-refractivity contribution in [3.05, 3.63) is 12.2 Å². The van der Waals surface area contributed by atoms with E-state index in [9.17, 15) is 9.90 Å². The lowest BCUT2D eigenvalue weighted by atomic mass is 9.68. The van der Waals surface area contributed by atoms with Crippen molar-refractivity contribution >= 4 is 14.1 Å².